The molecule has 2 amide bonds. The van der Waals surface area contributed by atoms with Gasteiger partial charge in [0.25, 0.3) is 11.8 Å². The molecule has 8 heteroatoms. The Morgan fingerprint density at radius 3 is 2.48 bits per heavy atom. The van der Waals surface area contributed by atoms with Gasteiger partial charge in [0, 0.05) is 29.8 Å². The van der Waals surface area contributed by atoms with E-state index < -0.39 is 24.3 Å². The molecule has 1 atom stereocenters. The molecule has 160 valence electrons. The molecule has 8 nitrogen and oxygen atoms in total. The number of rotatable bonds is 6. The molecule has 2 aromatic rings. The van der Waals surface area contributed by atoms with Crippen LogP contribution in [0.4, 0.5) is 0 Å². The maximum atomic E-state index is 12.8. The average molecular weight is 421 g/mol. The average Bonchev–Trinajstić information content (AvgIpc) is 3.27. The summed E-state index contributed by atoms with van der Waals surface area (Å²) in [5.41, 5.74) is 1.82. The minimum Gasteiger partial charge on any atom is -0.508 e. The fourth-order valence-corrected chi connectivity index (χ4v) is 3.69. The number of carbonyl (C=O) groups excluding carboxylic acids is 2. The fraction of sp³-hybridized carbons (Fsp3) is 0.304. The predicted molar refractivity (Wildman–Crippen MR) is 112 cm³/mol. The molecule has 1 fully saturated rings. The van der Waals surface area contributed by atoms with E-state index in [0.717, 1.165) is 25.9 Å². The predicted octanol–water partition coefficient (Wildman–Crippen LogP) is 2.75. The zero-order valence-corrected chi connectivity index (χ0v) is 17.1. The van der Waals surface area contributed by atoms with Gasteiger partial charge in [0.1, 0.15) is 5.75 Å². The monoisotopic (exact) mass is 421 g/mol. The van der Waals surface area contributed by atoms with Crippen molar-refractivity contribution in [2.75, 3.05) is 13.1 Å². The van der Waals surface area contributed by atoms with Crippen LogP contribution in [-0.2, 0) is 4.79 Å². The lowest BCUT2D eigenvalue weighted by Crippen LogP contribution is -2.31. The second-order valence-corrected chi connectivity index (χ2v) is 7.54. The van der Waals surface area contributed by atoms with Crippen LogP contribution < -0.4 is 5.32 Å². The number of amides is 2. The van der Waals surface area contributed by atoms with Crippen molar-refractivity contribution in [3.63, 3.8) is 0 Å². The van der Waals surface area contributed by atoms with Crippen molar-refractivity contribution in [1.82, 2.24) is 10.2 Å². The van der Waals surface area contributed by atoms with Crippen LogP contribution in [0.3, 0.4) is 0 Å². The van der Waals surface area contributed by atoms with E-state index in [1.807, 2.05) is 6.07 Å². The first kappa shape index (κ1) is 21.8. The normalized spacial score (nSPS) is 14.0. The fourth-order valence-electron chi connectivity index (χ4n) is 3.69. The Hall–Kier alpha value is -3.86. The molecule has 1 heterocycles. The molecular formula is C23H23N3O5. The van der Waals surface area contributed by atoms with Crippen LogP contribution >= 0.6 is 0 Å². The van der Waals surface area contributed by atoms with Crippen molar-refractivity contribution in [3.8, 4) is 11.8 Å². The first-order valence-electron chi connectivity index (χ1n) is 9.95. The molecule has 1 aliphatic heterocycles. The Morgan fingerprint density at radius 2 is 1.87 bits per heavy atom. The Balaban J connectivity index is 1.83. The number of nitrogens with zero attached hydrogens (tertiary/aromatic N) is 2. The molecule has 0 bridgehead atoms. The number of hydrogen-bond acceptors (Lipinski definition) is 5. The van der Waals surface area contributed by atoms with E-state index in [0.29, 0.717) is 11.1 Å². The number of aryl methyl sites for hydroxylation is 1. The van der Waals surface area contributed by atoms with Crippen LogP contribution in [0.1, 0.15) is 62.7 Å². The molecule has 1 unspecified atom stereocenters. The highest BCUT2D eigenvalue weighted by Crippen LogP contribution is 2.28. The van der Waals surface area contributed by atoms with Crippen LogP contribution in [0.2, 0.25) is 0 Å². The van der Waals surface area contributed by atoms with E-state index in [1.165, 1.54) is 24.3 Å². The topological polar surface area (TPSA) is 131 Å². The van der Waals surface area contributed by atoms with Gasteiger partial charge in [0.15, 0.2) is 0 Å². The number of carboxylic acids is 1. The van der Waals surface area contributed by atoms with Crippen LogP contribution in [-0.4, -0.2) is 46.0 Å². The van der Waals surface area contributed by atoms with Crippen LogP contribution in [0.5, 0.6) is 5.75 Å². The summed E-state index contributed by atoms with van der Waals surface area (Å²) in [6.07, 6.45) is 1.49. The third-order valence-corrected chi connectivity index (χ3v) is 5.33. The number of hydrogen-bond donors (Lipinski definition) is 3. The molecule has 0 aromatic heterocycles. The Labute approximate surface area is 179 Å². The lowest BCUT2D eigenvalue weighted by molar-refractivity contribution is -0.137. The first-order valence-corrected chi connectivity index (χ1v) is 9.95. The SMILES string of the molecule is Cc1cc(C(=O)NC(CC(=O)O)c2cc(C#N)ccc2O)ccc1C(=O)N1CCCC1. The largest absolute Gasteiger partial charge is 0.508 e. The summed E-state index contributed by atoms with van der Waals surface area (Å²) in [4.78, 5) is 38.6. The number of carbonyl (C=O) groups is 3. The van der Waals surface area contributed by atoms with Gasteiger partial charge >= 0.3 is 5.97 Å². The van der Waals surface area contributed by atoms with Gasteiger partial charge < -0.3 is 20.4 Å². The maximum absolute atomic E-state index is 12.8. The summed E-state index contributed by atoms with van der Waals surface area (Å²) in [5, 5.41) is 31.1. The van der Waals surface area contributed by atoms with E-state index in [9.17, 15) is 24.6 Å². The van der Waals surface area contributed by atoms with Gasteiger partial charge in [-0.15, -0.1) is 0 Å². The number of benzene rings is 2. The molecular weight excluding hydrogens is 398 g/mol. The van der Waals surface area contributed by atoms with E-state index in [-0.39, 0.29) is 28.3 Å². The lowest BCUT2D eigenvalue weighted by atomic mass is 9.99. The number of aliphatic carboxylic acids is 1. The van der Waals surface area contributed by atoms with E-state index in [1.54, 1.807) is 24.0 Å². The summed E-state index contributed by atoms with van der Waals surface area (Å²) in [6, 6.07) is 9.64. The number of carboxylic acid groups (broad SMARTS) is 1. The maximum Gasteiger partial charge on any atom is 0.305 e. The number of likely N-dealkylation sites (tertiary alicyclic amines) is 1. The number of phenolic OH excluding ortho intramolecular Hbond substituents is 1. The van der Waals surface area contributed by atoms with Gasteiger partial charge in [-0.1, -0.05) is 0 Å². The van der Waals surface area contributed by atoms with Crippen molar-refractivity contribution in [3.05, 3.63) is 64.2 Å². The van der Waals surface area contributed by atoms with E-state index in [4.69, 9.17) is 5.26 Å². The molecule has 0 saturated carbocycles. The lowest BCUT2D eigenvalue weighted by Gasteiger charge is -2.20. The number of nitriles is 1. The molecule has 0 aliphatic carbocycles. The Bertz CT molecular complexity index is 1070. The van der Waals surface area contributed by atoms with Gasteiger partial charge in [-0.25, -0.2) is 0 Å². The Kier molecular flexibility index (Phi) is 6.55. The second kappa shape index (κ2) is 9.30. The smallest absolute Gasteiger partial charge is 0.305 e. The van der Waals surface area contributed by atoms with E-state index >= 15 is 0 Å². The first-order chi connectivity index (χ1) is 14.8. The summed E-state index contributed by atoms with van der Waals surface area (Å²) < 4.78 is 0. The standard InChI is InChI=1S/C23H23N3O5/c1-14-10-16(5-6-17(14)23(31)26-8-2-3-9-26)22(30)25-19(12-21(28)29)18-11-15(13-24)4-7-20(18)27/h4-7,10-11,19,27H,2-3,8-9,12H2,1H3,(H,25,30)(H,28,29). The molecule has 1 saturated heterocycles. The van der Waals surface area contributed by atoms with Gasteiger partial charge in [-0.3, -0.25) is 14.4 Å². The number of aromatic hydroxyl groups is 1. The third-order valence-electron chi connectivity index (χ3n) is 5.33. The highest BCUT2D eigenvalue weighted by molar-refractivity contribution is 5.99. The second-order valence-electron chi connectivity index (χ2n) is 7.54. The van der Waals surface area contributed by atoms with Gasteiger partial charge in [0.2, 0.25) is 0 Å². The Morgan fingerprint density at radius 1 is 1.16 bits per heavy atom. The highest BCUT2D eigenvalue weighted by atomic mass is 16.4. The van der Waals surface area contributed by atoms with E-state index in [2.05, 4.69) is 5.32 Å². The van der Waals surface area contributed by atoms with Gasteiger partial charge in [0.05, 0.1) is 24.1 Å². The minimum atomic E-state index is -1.17. The minimum absolute atomic E-state index is 0.0658. The summed E-state index contributed by atoms with van der Waals surface area (Å²) in [6.45, 7) is 3.20. The van der Waals surface area contributed by atoms with Gasteiger partial charge in [-0.2, -0.15) is 5.26 Å². The van der Waals surface area contributed by atoms with Crippen molar-refractivity contribution in [2.24, 2.45) is 0 Å². The summed E-state index contributed by atoms with van der Waals surface area (Å²) in [5.74, 6) is -2.00. The number of phenols is 1. The zero-order valence-electron chi connectivity index (χ0n) is 17.1. The van der Waals surface area contributed by atoms with Crippen molar-refractivity contribution in [1.29, 1.82) is 5.26 Å². The molecule has 0 spiro atoms. The number of nitrogens with one attached hydrogen (secondary N) is 1. The molecule has 1 aliphatic rings. The van der Waals surface area contributed by atoms with Crippen molar-refractivity contribution >= 4 is 17.8 Å². The summed E-state index contributed by atoms with van der Waals surface area (Å²) in [7, 11) is 0. The van der Waals surface area contributed by atoms with Crippen LogP contribution in [0, 0.1) is 18.3 Å². The quantitative estimate of drug-likeness (QED) is 0.657. The van der Waals surface area contributed by atoms with Crippen LogP contribution in [0.25, 0.3) is 0 Å². The zero-order chi connectivity index (χ0) is 22.5. The van der Waals surface area contributed by atoms with Crippen molar-refractivity contribution in [2.45, 2.75) is 32.2 Å². The van der Waals surface area contributed by atoms with Crippen molar-refractivity contribution < 1.29 is 24.6 Å². The molecule has 0 radical (unpaired) electrons. The van der Waals surface area contributed by atoms with Gasteiger partial charge in [-0.05, 0) is 61.7 Å². The molecule has 2 aromatic carbocycles. The molecule has 31 heavy (non-hydrogen) atoms. The highest BCUT2D eigenvalue weighted by Gasteiger charge is 2.24. The molecule has 3 rings (SSSR count). The third kappa shape index (κ3) is 5.01. The molecule has 3 N–H and O–H groups in total. The van der Waals surface area contributed by atoms with Crippen LogP contribution in [0.15, 0.2) is 36.4 Å². The summed E-state index contributed by atoms with van der Waals surface area (Å²) >= 11 is 0.